The Morgan fingerprint density at radius 2 is 2.21 bits per heavy atom. The molecule has 0 heterocycles. The molecule has 1 aliphatic carbocycles. The summed E-state index contributed by atoms with van der Waals surface area (Å²) in [6.45, 7) is 5.37. The van der Waals surface area contributed by atoms with Crippen molar-refractivity contribution in [3.63, 3.8) is 0 Å². The van der Waals surface area contributed by atoms with Crippen LogP contribution in [0.3, 0.4) is 0 Å². The summed E-state index contributed by atoms with van der Waals surface area (Å²) in [5.41, 5.74) is 7.60. The minimum atomic E-state index is 0.151. The van der Waals surface area contributed by atoms with Crippen LogP contribution < -0.4 is 10.6 Å². The molecule has 104 valence electrons. The lowest BCUT2D eigenvalue weighted by molar-refractivity contribution is 0.318. The van der Waals surface area contributed by atoms with Crippen LogP contribution in [0.2, 0.25) is 0 Å². The van der Waals surface area contributed by atoms with Gasteiger partial charge in [0.05, 0.1) is 0 Å². The van der Waals surface area contributed by atoms with Crippen LogP contribution in [-0.2, 0) is 0 Å². The van der Waals surface area contributed by atoms with Crippen LogP contribution in [0.4, 0.5) is 5.69 Å². The molecule has 3 N–H and O–H groups in total. The van der Waals surface area contributed by atoms with E-state index in [1.165, 1.54) is 12.8 Å². The second-order valence-electron chi connectivity index (χ2n) is 5.34. The SMILES string of the molecule is CC(C)N(CC1CC1)c1ccc(Br)cc1/C(N)=N/O. The number of nitrogens with zero attached hydrogens (tertiary/aromatic N) is 2. The highest BCUT2D eigenvalue weighted by Gasteiger charge is 2.27. The molecule has 5 heteroatoms. The number of halogens is 1. The van der Waals surface area contributed by atoms with E-state index in [4.69, 9.17) is 10.9 Å². The minimum absolute atomic E-state index is 0.151. The van der Waals surface area contributed by atoms with E-state index in [9.17, 15) is 0 Å². The van der Waals surface area contributed by atoms with Crippen LogP contribution in [0.25, 0.3) is 0 Å². The van der Waals surface area contributed by atoms with Crippen molar-refractivity contribution in [3.8, 4) is 0 Å². The molecule has 0 aromatic heterocycles. The van der Waals surface area contributed by atoms with Gasteiger partial charge in [-0.15, -0.1) is 0 Å². The number of nitrogens with two attached hydrogens (primary N) is 1. The third kappa shape index (κ3) is 3.41. The van der Waals surface area contributed by atoms with Gasteiger partial charge in [-0.2, -0.15) is 0 Å². The van der Waals surface area contributed by atoms with Crippen molar-refractivity contribution in [1.29, 1.82) is 0 Å². The highest BCUT2D eigenvalue weighted by atomic mass is 79.9. The Labute approximate surface area is 122 Å². The third-order valence-corrected chi connectivity index (χ3v) is 3.92. The maximum absolute atomic E-state index is 8.95. The van der Waals surface area contributed by atoms with Crippen LogP contribution in [0.1, 0.15) is 32.3 Å². The number of hydrogen-bond donors (Lipinski definition) is 2. The van der Waals surface area contributed by atoms with Crippen LogP contribution in [-0.4, -0.2) is 23.6 Å². The summed E-state index contributed by atoms with van der Waals surface area (Å²) in [5, 5.41) is 12.1. The molecule has 1 aliphatic rings. The fraction of sp³-hybridized carbons (Fsp3) is 0.500. The van der Waals surface area contributed by atoms with Gasteiger partial charge in [0.2, 0.25) is 0 Å². The molecule has 1 saturated carbocycles. The van der Waals surface area contributed by atoms with Gasteiger partial charge in [0.25, 0.3) is 0 Å². The molecule has 0 radical (unpaired) electrons. The van der Waals surface area contributed by atoms with E-state index < -0.39 is 0 Å². The zero-order valence-corrected chi connectivity index (χ0v) is 12.9. The molecule has 1 aromatic rings. The van der Waals surface area contributed by atoms with Gasteiger partial charge in [0.15, 0.2) is 5.84 Å². The largest absolute Gasteiger partial charge is 0.409 e. The summed E-state index contributed by atoms with van der Waals surface area (Å²) in [5.74, 6) is 0.934. The molecule has 0 saturated heterocycles. The predicted molar refractivity (Wildman–Crippen MR) is 81.9 cm³/mol. The molecular weight excluding hydrogens is 306 g/mol. The minimum Gasteiger partial charge on any atom is -0.409 e. The number of anilines is 1. The van der Waals surface area contributed by atoms with E-state index in [1.54, 1.807) is 0 Å². The molecule has 0 bridgehead atoms. The predicted octanol–water partition coefficient (Wildman–Crippen LogP) is 3.17. The second kappa shape index (κ2) is 5.82. The lowest BCUT2D eigenvalue weighted by Crippen LogP contribution is -2.34. The van der Waals surface area contributed by atoms with Gasteiger partial charge >= 0.3 is 0 Å². The Hall–Kier alpha value is -1.23. The Kier molecular flexibility index (Phi) is 4.34. The first-order chi connectivity index (χ1) is 9.02. The zero-order valence-electron chi connectivity index (χ0n) is 11.3. The molecule has 1 aromatic carbocycles. The maximum Gasteiger partial charge on any atom is 0.172 e. The highest BCUT2D eigenvalue weighted by molar-refractivity contribution is 9.10. The number of oxime groups is 1. The van der Waals surface area contributed by atoms with E-state index in [1.807, 2.05) is 18.2 Å². The van der Waals surface area contributed by atoms with Gasteiger partial charge in [-0.25, -0.2) is 0 Å². The Bertz CT molecular complexity index is 484. The molecule has 0 atom stereocenters. The van der Waals surface area contributed by atoms with Gasteiger partial charge in [0, 0.05) is 28.3 Å². The first kappa shape index (κ1) is 14.2. The first-order valence-corrected chi connectivity index (χ1v) is 7.36. The van der Waals surface area contributed by atoms with E-state index in [2.05, 4.69) is 39.8 Å². The monoisotopic (exact) mass is 325 g/mol. The molecule has 19 heavy (non-hydrogen) atoms. The standard InChI is InChI=1S/C14H20BrN3O/c1-9(2)18(8-10-3-4-10)13-6-5-11(15)7-12(13)14(16)17-19/h5-7,9-10,19H,3-4,8H2,1-2H3,(H2,16,17). The fourth-order valence-corrected chi connectivity index (χ4v) is 2.54. The maximum atomic E-state index is 8.95. The van der Waals surface area contributed by atoms with Crippen molar-refractivity contribution in [2.75, 3.05) is 11.4 Å². The van der Waals surface area contributed by atoms with Gasteiger partial charge in [-0.1, -0.05) is 21.1 Å². The number of amidine groups is 1. The van der Waals surface area contributed by atoms with Crippen LogP contribution in [0, 0.1) is 5.92 Å². The van der Waals surface area contributed by atoms with Crippen LogP contribution >= 0.6 is 15.9 Å². The van der Waals surface area contributed by atoms with Gasteiger partial charge in [-0.05, 0) is 50.8 Å². The average molecular weight is 326 g/mol. The zero-order chi connectivity index (χ0) is 14.0. The first-order valence-electron chi connectivity index (χ1n) is 6.57. The van der Waals surface area contributed by atoms with Gasteiger partial charge < -0.3 is 15.8 Å². The molecule has 2 rings (SSSR count). The van der Waals surface area contributed by atoms with Gasteiger partial charge in [0.1, 0.15) is 0 Å². The summed E-state index contributed by atoms with van der Waals surface area (Å²) >= 11 is 3.43. The number of hydrogen-bond acceptors (Lipinski definition) is 3. The van der Waals surface area contributed by atoms with Gasteiger partial charge in [-0.3, -0.25) is 0 Å². The lowest BCUT2D eigenvalue weighted by atomic mass is 10.1. The average Bonchev–Trinajstić information content (AvgIpc) is 3.19. The van der Waals surface area contributed by atoms with E-state index in [0.29, 0.717) is 6.04 Å². The molecule has 4 nitrogen and oxygen atoms in total. The van der Waals surface area contributed by atoms with Crippen molar-refractivity contribution in [2.24, 2.45) is 16.8 Å². The van der Waals surface area contributed by atoms with Crippen LogP contribution in [0.5, 0.6) is 0 Å². The van der Waals surface area contributed by atoms with E-state index >= 15 is 0 Å². The smallest absolute Gasteiger partial charge is 0.172 e. The van der Waals surface area contributed by atoms with Crippen molar-refractivity contribution in [3.05, 3.63) is 28.2 Å². The summed E-state index contributed by atoms with van der Waals surface area (Å²) in [6, 6.07) is 6.30. The Morgan fingerprint density at radius 3 is 2.74 bits per heavy atom. The van der Waals surface area contributed by atoms with Crippen molar-refractivity contribution in [2.45, 2.75) is 32.7 Å². The molecule has 1 fully saturated rings. The summed E-state index contributed by atoms with van der Waals surface area (Å²) in [4.78, 5) is 2.33. The van der Waals surface area contributed by atoms with Crippen molar-refractivity contribution in [1.82, 2.24) is 0 Å². The highest BCUT2D eigenvalue weighted by Crippen LogP contribution is 2.34. The lowest BCUT2D eigenvalue weighted by Gasteiger charge is -2.31. The Morgan fingerprint density at radius 1 is 1.53 bits per heavy atom. The summed E-state index contributed by atoms with van der Waals surface area (Å²) in [7, 11) is 0. The fourth-order valence-electron chi connectivity index (χ4n) is 2.18. The third-order valence-electron chi connectivity index (χ3n) is 3.43. The molecule has 0 spiro atoms. The molecule has 0 amide bonds. The number of benzene rings is 1. The second-order valence-corrected chi connectivity index (χ2v) is 6.25. The number of rotatable bonds is 5. The normalized spacial score (nSPS) is 15.9. The van der Waals surface area contributed by atoms with Crippen LogP contribution in [0.15, 0.2) is 27.8 Å². The summed E-state index contributed by atoms with van der Waals surface area (Å²) < 4.78 is 0.924. The van der Waals surface area contributed by atoms with Crippen molar-refractivity contribution >= 4 is 27.5 Å². The molecule has 0 unspecified atom stereocenters. The van der Waals surface area contributed by atoms with E-state index in [-0.39, 0.29) is 5.84 Å². The molecular formula is C14H20BrN3O. The Balaban J connectivity index is 2.39. The topological polar surface area (TPSA) is 61.8 Å². The van der Waals surface area contributed by atoms with Crippen molar-refractivity contribution < 1.29 is 5.21 Å². The quantitative estimate of drug-likeness (QED) is 0.378. The molecule has 0 aliphatic heterocycles. The summed E-state index contributed by atoms with van der Waals surface area (Å²) in [6.07, 6.45) is 2.61. The van der Waals surface area contributed by atoms with E-state index in [0.717, 1.165) is 28.2 Å².